The first-order valence-corrected chi connectivity index (χ1v) is 11.0. The number of rotatable bonds is 2. The third-order valence-electron chi connectivity index (χ3n) is 6.54. The summed E-state index contributed by atoms with van der Waals surface area (Å²) in [6.07, 6.45) is 2.79. The van der Waals surface area contributed by atoms with E-state index in [1.165, 1.54) is 0 Å². The SMILES string of the molecule is Cc1ccc2c(c1)N(C(=O)N1CC3(CCN(CC(C)C)C3)C1)c1ncccc1NC2=O. The van der Waals surface area contributed by atoms with Crippen molar-refractivity contribution in [1.82, 2.24) is 14.8 Å². The van der Waals surface area contributed by atoms with E-state index in [1.54, 1.807) is 29.3 Å². The number of benzene rings is 1. The molecule has 7 heteroatoms. The first kappa shape index (κ1) is 20.0. The second-order valence-electron chi connectivity index (χ2n) is 9.70. The average molecular weight is 420 g/mol. The van der Waals surface area contributed by atoms with Crippen molar-refractivity contribution in [2.45, 2.75) is 27.2 Å². The summed E-state index contributed by atoms with van der Waals surface area (Å²) in [5, 5.41) is 2.91. The summed E-state index contributed by atoms with van der Waals surface area (Å²) in [4.78, 5) is 37.1. The number of urea groups is 1. The van der Waals surface area contributed by atoms with E-state index in [4.69, 9.17) is 0 Å². The van der Waals surface area contributed by atoms with Gasteiger partial charge in [-0.05, 0) is 55.6 Å². The quantitative estimate of drug-likeness (QED) is 0.802. The maximum Gasteiger partial charge on any atom is 0.330 e. The molecule has 0 bridgehead atoms. The van der Waals surface area contributed by atoms with Gasteiger partial charge in [-0.2, -0.15) is 0 Å². The minimum Gasteiger partial charge on any atom is -0.323 e. The molecule has 0 unspecified atom stereocenters. The largest absolute Gasteiger partial charge is 0.330 e. The Morgan fingerprint density at radius 2 is 2.03 bits per heavy atom. The summed E-state index contributed by atoms with van der Waals surface area (Å²) in [6.45, 7) is 11.2. The fourth-order valence-corrected chi connectivity index (χ4v) is 5.19. The van der Waals surface area contributed by atoms with Crippen molar-refractivity contribution in [3.8, 4) is 0 Å². The topological polar surface area (TPSA) is 68.8 Å². The summed E-state index contributed by atoms with van der Waals surface area (Å²) in [6, 6.07) is 9.01. The lowest BCUT2D eigenvalue weighted by molar-refractivity contribution is 0.0415. The van der Waals surface area contributed by atoms with Crippen molar-refractivity contribution in [2.24, 2.45) is 11.3 Å². The number of fused-ring (bicyclic) bond motifs is 2. The number of aromatic nitrogens is 1. The third-order valence-corrected chi connectivity index (χ3v) is 6.54. The highest BCUT2D eigenvalue weighted by Gasteiger charge is 2.50. The third kappa shape index (κ3) is 3.47. The zero-order chi connectivity index (χ0) is 21.8. The van der Waals surface area contributed by atoms with Gasteiger partial charge in [-0.1, -0.05) is 19.9 Å². The van der Waals surface area contributed by atoms with Crippen LogP contribution in [0.15, 0.2) is 36.5 Å². The average Bonchev–Trinajstić information content (AvgIpc) is 3.06. The first-order valence-electron chi connectivity index (χ1n) is 11.0. The maximum absolute atomic E-state index is 13.7. The van der Waals surface area contributed by atoms with Crippen molar-refractivity contribution in [3.05, 3.63) is 47.7 Å². The standard InChI is InChI=1S/C24H29N5O2/c1-16(2)12-27-10-8-24(13-27)14-28(15-24)23(31)29-20-11-17(3)6-7-18(20)22(30)26-19-5-4-9-25-21(19)29/h4-7,9,11,16H,8,10,12-15H2,1-3H3,(H,26,30). The van der Waals surface area contributed by atoms with Crippen LogP contribution in [-0.2, 0) is 0 Å². The van der Waals surface area contributed by atoms with Gasteiger partial charge in [0.1, 0.15) is 0 Å². The van der Waals surface area contributed by atoms with Crippen molar-refractivity contribution >= 4 is 29.1 Å². The van der Waals surface area contributed by atoms with Gasteiger partial charge < -0.3 is 15.1 Å². The second-order valence-corrected chi connectivity index (χ2v) is 9.70. The van der Waals surface area contributed by atoms with Crippen LogP contribution >= 0.6 is 0 Å². The van der Waals surface area contributed by atoms with E-state index in [-0.39, 0.29) is 17.4 Å². The molecule has 2 fully saturated rings. The normalized spacial score (nSPS) is 19.7. The molecule has 1 aromatic heterocycles. The summed E-state index contributed by atoms with van der Waals surface area (Å²) in [7, 11) is 0. The van der Waals surface area contributed by atoms with Gasteiger partial charge in [0.05, 0.1) is 16.9 Å². The molecule has 7 nitrogen and oxygen atoms in total. The lowest BCUT2D eigenvalue weighted by Gasteiger charge is -2.49. The molecule has 1 spiro atoms. The van der Waals surface area contributed by atoms with E-state index in [0.717, 1.165) is 44.7 Å². The molecule has 1 N–H and O–H groups in total. The summed E-state index contributed by atoms with van der Waals surface area (Å²) in [5.74, 6) is 0.899. The lowest BCUT2D eigenvalue weighted by Crippen LogP contribution is -2.62. The Hall–Kier alpha value is -2.93. The molecule has 5 rings (SSSR count). The van der Waals surface area contributed by atoms with Gasteiger partial charge in [0.25, 0.3) is 5.91 Å². The van der Waals surface area contributed by atoms with Crippen molar-refractivity contribution in [2.75, 3.05) is 42.9 Å². The summed E-state index contributed by atoms with van der Waals surface area (Å²) in [5.41, 5.74) is 2.81. The van der Waals surface area contributed by atoms with Crippen LogP contribution in [-0.4, -0.2) is 59.4 Å². The number of anilines is 3. The van der Waals surface area contributed by atoms with E-state index in [9.17, 15) is 9.59 Å². The number of nitrogens with zero attached hydrogens (tertiary/aromatic N) is 4. The Kier molecular flexibility index (Phi) is 4.73. The first-order chi connectivity index (χ1) is 14.8. The molecule has 0 saturated carbocycles. The van der Waals surface area contributed by atoms with Crippen LogP contribution in [0.4, 0.5) is 22.0 Å². The van der Waals surface area contributed by atoms with E-state index in [2.05, 4.69) is 29.0 Å². The fourth-order valence-electron chi connectivity index (χ4n) is 5.19. The smallest absolute Gasteiger partial charge is 0.323 e. The molecule has 3 aliphatic heterocycles. The zero-order valence-electron chi connectivity index (χ0n) is 18.4. The fraction of sp³-hybridized carbons (Fsp3) is 0.458. The zero-order valence-corrected chi connectivity index (χ0v) is 18.4. The van der Waals surface area contributed by atoms with Crippen molar-refractivity contribution in [1.29, 1.82) is 0 Å². The predicted octanol–water partition coefficient (Wildman–Crippen LogP) is 3.88. The molecule has 0 atom stereocenters. The predicted molar refractivity (Wildman–Crippen MR) is 121 cm³/mol. The van der Waals surface area contributed by atoms with Crippen molar-refractivity contribution < 1.29 is 9.59 Å². The van der Waals surface area contributed by atoms with Crippen LogP contribution in [0.5, 0.6) is 0 Å². The molecule has 3 aliphatic rings. The van der Waals surface area contributed by atoms with Crippen molar-refractivity contribution in [3.63, 3.8) is 0 Å². The van der Waals surface area contributed by atoms with Gasteiger partial charge in [0.15, 0.2) is 5.82 Å². The molecule has 1 aromatic carbocycles. The molecule has 31 heavy (non-hydrogen) atoms. The number of carbonyl (C=O) groups is 2. The summed E-state index contributed by atoms with van der Waals surface area (Å²) >= 11 is 0. The Labute approximate surface area is 183 Å². The Morgan fingerprint density at radius 1 is 1.23 bits per heavy atom. The number of carbonyl (C=O) groups excluding carboxylic acids is 2. The van der Waals surface area contributed by atoms with E-state index >= 15 is 0 Å². The number of nitrogens with one attached hydrogen (secondary N) is 1. The molecule has 0 aliphatic carbocycles. The van der Waals surface area contributed by atoms with Gasteiger partial charge in [0, 0.05) is 37.8 Å². The van der Waals surface area contributed by atoms with Crippen LogP contribution in [0.25, 0.3) is 0 Å². The molecule has 2 aromatic rings. The van der Waals surface area contributed by atoms with Crippen LogP contribution in [0.1, 0.15) is 36.2 Å². The second kappa shape index (κ2) is 7.34. The molecule has 2 saturated heterocycles. The highest BCUT2D eigenvalue weighted by atomic mass is 16.2. The van der Waals surface area contributed by atoms with E-state index in [0.29, 0.717) is 28.7 Å². The highest BCUT2D eigenvalue weighted by Crippen LogP contribution is 2.43. The number of hydrogen-bond donors (Lipinski definition) is 1. The van der Waals surface area contributed by atoms with Crippen LogP contribution < -0.4 is 10.2 Å². The number of pyridine rings is 1. The number of likely N-dealkylation sites (tertiary alicyclic amines) is 2. The van der Waals surface area contributed by atoms with Gasteiger partial charge in [-0.3, -0.25) is 4.79 Å². The monoisotopic (exact) mass is 419 g/mol. The minimum atomic E-state index is -0.222. The molecule has 162 valence electrons. The minimum absolute atomic E-state index is 0.115. The van der Waals surface area contributed by atoms with Crippen LogP contribution in [0.2, 0.25) is 0 Å². The number of hydrogen-bond acceptors (Lipinski definition) is 4. The van der Waals surface area contributed by atoms with Gasteiger partial charge in [-0.15, -0.1) is 0 Å². The summed E-state index contributed by atoms with van der Waals surface area (Å²) < 4.78 is 0. The van der Waals surface area contributed by atoms with E-state index in [1.807, 2.05) is 24.0 Å². The molecular formula is C24H29N5O2. The van der Waals surface area contributed by atoms with Crippen LogP contribution in [0.3, 0.4) is 0 Å². The maximum atomic E-state index is 13.7. The number of aryl methyl sites for hydroxylation is 1. The van der Waals surface area contributed by atoms with Gasteiger partial charge in [0.2, 0.25) is 0 Å². The Bertz CT molecular complexity index is 1040. The Balaban J connectivity index is 1.44. The Morgan fingerprint density at radius 3 is 2.81 bits per heavy atom. The number of amides is 3. The van der Waals surface area contributed by atoms with E-state index < -0.39 is 0 Å². The molecule has 0 radical (unpaired) electrons. The van der Waals surface area contributed by atoms with Crippen LogP contribution in [0, 0.1) is 18.3 Å². The highest BCUT2D eigenvalue weighted by molar-refractivity contribution is 6.16. The molecule has 4 heterocycles. The van der Waals surface area contributed by atoms with Gasteiger partial charge in [-0.25, -0.2) is 14.7 Å². The molecular weight excluding hydrogens is 390 g/mol. The lowest BCUT2D eigenvalue weighted by atomic mass is 9.79. The van der Waals surface area contributed by atoms with Gasteiger partial charge >= 0.3 is 6.03 Å². The molecule has 3 amide bonds.